The van der Waals surface area contributed by atoms with Gasteiger partial charge in [-0.3, -0.25) is 14.6 Å². The number of rotatable bonds is 5. The van der Waals surface area contributed by atoms with Crippen LogP contribution in [0.15, 0.2) is 35.4 Å². The first kappa shape index (κ1) is 21.0. The highest BCUT2D eigenvalue weighted by Gasteiger charge is 2.61. The van der Waals surface area contributed by atoms with Crippen LogP contribution >= 0.6 is 0 Å². The van der Waals surface area contributed by atoms with Crippen LogP contribution in [-0.2, 0) is 11.8 Å². The van der Waals surface area contributed by atoms with Crippen molar-refractivity contribution in [3.63, 3.8) is 0 Å². The number of halogens is 2. The molecular formula is C22H22F2N4O3. The molecule has 1 unspecified atom stereocenters. The van der Waals surface area contributed by atoms with Crippen LogP contribution in [0, 0.1) is 12.8 Å². The molecule has 0 saturated heterocycles. The zero-order valence-electron chi connectivity index (χ0n) is 17.3. The van der Waals surface area contributed by atoms with Gasteiger partial charge in [-0.15, -0.1) is 0 Å². The Morgan fingerprint density at radius 3 is 2.61 bits per heavy atom. The molecule has 3 heterocycles. The molecular weight excluding hydrogens is 406 g/mol. The molecule has 3 aromatic heterocycles. The van der Waals surface area contributed by atoms with E-state index in [4.69, 9.17) is 0 Å². The van der Waals surface area contributed by atoms with E-state index in [2.05, 4.69) is 15.3 Å². The van der Waals surface area contributed by atoms with Crippen LogP contribution < -0.4 is 10.9 Å². The van der Waals surface area contributed by atoms with Crippen LogP contribution in [-0.4, -0.2) is 31.5 Å². The largest absolute Gasteiger partial charge is 0.387 e. The number of aliphatic hydroxyl groups excluding tert-OH is 1. The standard InChI is InChI=1S/C22H22F2N4O3/c1-4-18(29)16-5-11(2)14(10-25-16)13-6-12-9-26-19(7-17(12)28(3)21(13)31)27-20(30)15-8-22(15,23)24/h5-7,9-10,15,18,29H,4,8H2,1-3H3,(H,26,27,30)/t15-,18?/m1/s1. The molecule has 2 atom stereocenters. The molecule has 31 heavy (non-hydrogen) atoms. The molecule has 4 rings (SSSR count). The maximum absolute atomic E-state index is 13.1. The number of hydrogen-bond acceptors (Lipinski definition) is 5. The number of fused-ring (bicyclic) bond motifs is 1. The van der Waals surface area contributed by atoms with Crippen LogP contribution in [0.5, 0.6) is 0 Å². The first-order valence-electron chi connectivity index (χ1n) is 9.96. The van der Waals surface area contributed by atoms with E-state index in [-0.39, 0.29) is 11.4 Å². The van der Waals surface area contributed by atoms with Crippen molar-refractivity contribution in [1.82, 2.24) is 14.5 Å². The lowest BCUT2D eigenvalue weighted by molar-refractivity contribution is -0.119. The predicted octanol–water partition coefficient (Wildman–Crippen LogP) is 3.34. The first-order chi connectivity index (χ1) is 14.6. The third-order valence-electron chi connectivity index (χ3n) is 5.65. The number of alkyl halides is 2. The highest BCUT2D eigenvalue weighted by atomic mass is 19.3. The number of aliphatic hydroxyl groups is 1. The summed E-state index contributed by atoms with van der Waals surface area (Å²) < 4.78 is 27.6. The molecule has 0 aromatic carbocycles. The van der Waals surface area contributed by atoms with Gasteiger partial charge in [0.15, 0.2) is 0 Å². The fourth-order valence-electron chi connectivity index (χ4n) is 3.59. The molecule has 1 aliphatic carbocycles. The monoisotopic (exact) mass is 428 g/mol. The molecule has 0 radical (unpaired) electrons. The molecule has 1 fully saturated rings. The van der Waals surface area contributed by atoms with Crippen molar-refractivity contribution in [3.8, 4) is 11.1 Å². The first-order valence-corrected chi connectivity index (χ1v) is 9.96. The van der Waals surface area contributed by atoms with Crippen LogP contribution in [0.3, 0.4) is 0 Å². The second-order valence-electron chi connectivity index (χ2n) is 7.91. The highest BCUT2D eigenvalue weighted by Crippen LogP contribution is 2.49. The van der Waals surface area contributed by atoms with E-state index >= 15 is 0 Å². The summed E-state index contributed by atoms with van der Waals surface area (Å²) in [6, 6.07) is 4.94. The molecule has 0 bridgehead atoms. The summed E-state index contributed by atoms with van der Waals surface area (Å²) in [5, 5.41) is 13.0. The van der Waals surface area contributed by atoms with Crippen molar-refractivity contribution < 1.29 is 18.7 Å². The van der Waals surface area contributed by atoms with E-state index in [1.165, 1.54) is 16.8 Å². The van der Waals surface area contributed by atoms with Gasteiger partial charge < -0.3 is 15.0 Å². The van der Waals surface area contributed by atoms with Crippen molar-refractivity contribution in [2.75, 3.05) is 5.32 Å². The highest BCUT2D eigenvalue weighted by molar-refractivity contribution is 5.96. The van der Waals surface area contributed by atoms with Gasteiger partial charge in [-0.05, 0) is 31.0 Å². The summed E-state index contributed by atoms with van der Waals surface area (Å²) in [5.41, 5.74) is 2.64. The van der Waals surface area contributed by atoms with E-state index in [0.717, 1.165) is 5.56 Å². The molecule has 9 heteroatoms. The summed E-state index contributed by atoms with van der Waals surface area (Å²) >= 11 is 0. The summed E-state index contributed by atoms with van der Waals surface area (Å²) in [5.74, 6) is -4.97. The minimum absolute atomic E-state index is 0.110. The van der Waals surface area contributed by atoms with Gasteiger partial charge in [0.2, 0.25) is 5.91 Å². The summed E-state index contributed by atoms with van der Waals surface area (Å²) in [7, 11) is 1.59. The number of aromatic nitrogens is 3. The lowest BCUT2D eigenvalue weighted by atomic mass is 10.0. The lowest BCUT2D eigenvalue weighted by Crippen LogP contribution is -2.21. The minimum atomic E-state index is -2.96. The average Bonchev–Trinajstić information content (AvgIpc) is 3.39. The second kappa shape index (κ2) is 7.49. The molecule has 2 N–H and O–H groups in total. The van der Waals surface area contributed by atoms with Gasteiger partial charge >= 0.3 is 0 Å². The molecule has 0 aliphatic heterocycles. The lowest BCUT2D eigenvalue weighted by Gasteiger charge is -2.14. The van der Waals surface area contributed by atoms with Gasteiger partial charge in [-0.2, -0.15) is 0 Å². The van der Waals surface area contributed by atoms with E-state index in [0.29, 0.717) is 34.1 Å². The quantitative estimate of drug-likeness (QED) is 0.650. The zero-order chi connectivity index (χ0) is 22.5. The number of anilines is 1. The van der Waals surface area contributed by atoms with Crippen molar-refractivity contribution >= 4 is 22.6 Å². The summed E-state index contributed by atoms with van der Waals surface area (Å²) in [6.45, 7) is 3.70. The van der Waals surface area contributed by atoms with Gasteiger partial charge in [0.05, 0.1) is 17.3 Å². The second-order valence-corrected chi connectivity index (χ2v) is 7.91. The summed E-state index contributed by atoms with van der Waals surface area (Å²) in [6.07, 6.45) is 2.46. The van der Waals surface area contributed by atoms with Gasteiger partial charge in [0, 0.05) is 48.4 Å². The SMILES string of the molecule is CCC(O)c1cc(C)c(-c2cc3cnc(NC(=O)[C@H]4CC4(F)F)cc3n(C)c2=O)cn1. The maximum Gasteiger partial charge on any atom is 0.260 e. The van der Waals surface area contributed by atoms with E-state index < -0.39 is 30.3 Å². The Morgan fingerprint density at radius 2 is 2.00 bits per heavy atom. The third kappa shape index (κ3) is 3.81. The number of amides is 1. The minimum Gasteiger partial charge on any atom is -0.387 e. The van der Waals surface area contributed by atoms with Crippen LogP contribution in [0.1, 0.15) is 37.1 Å². The van der Waals surface area contributed by atoms with Crippen LogP contribution in [0.25, 0.3) is 22.0 Å². The van der Waals surface area contributed by atoms with Gasteiger partial charge in [0.25, 0.3) is 11.5 Å². The molecule has 1 amide bonds. The molecule has 162 valence electrons. The number of hydrogen-bond donors (Lipinski definition) is 2. The predicted molar refractivity (Wildman–Crippen MR) is 112 cm³/mol. The van der Waals surface area contributed by atoms with Crippen LogP contribution in [0.2, 0.25) is 0 Å². The maximum atomic E-state index is 13.1. The number of pyridine rings is 3. The Bertz CT molecular complexity index is 1260. The van der Waals surface area contributed by atoms with E-state index in [1.807, 2.05) is 13.8 Å². The van der Waals surface area contributed by atoms with E-state index in [1.54, 1.807) is 25.4 Å². The fraction of sp³-hybridized carbons (Fsp3) is 0.364. The molecule has 7 nitrogen and oxygen atoms in total. The van der Waals surface area contributed by atoms with Crippen molar-refractivity contribution in [3.05, 3.63) is 52.2 Å². The number of nitrogens with one attached hydrogen (secondary N) is 1. The van der Waals surface area contributed by atoms with Crippen molar-refractivity contribution in [2.45, 2.75) is 38.7 Å². The third-order valence-corrected chi connectivity index (χ3v) is 5.65. The zero-order valence-corrected chi connectivity index (χ0v) is 17.3. The Hall–Kier alpha value is -3.20. The molecule has 0 spiro atoms. The number of carbonyl (C=O) groups is 1. The molecule has 3 aromatic rings. The van der Waals surface area contributed by atoms with Gasteiger partial charge in [-0.1, -0.05) is 6.92 Å². The number of carbonyl (C=O) groups excluding carboxylic acids is 1. The van der Waals surface area contributed by atoms with E-state index in [9.17, 15) is 23.5 Å². The van der Waals surface area contributed by atoms with Crippen molar-refractivity contribution in [1.29, 1.82) is 0 Å². The Labute approximate surface area is 176 Å². The average molecular weight is 428 g/mol. The number of aryl methyl sites for hydroxylation is 2. The fourth-order valence-corrected chi connectivity index (χ4v) is 3.59. The number of nitrogens with zero attached hydrogens (tertiary/aromatic N) is 3. The van der Waals surface area contributed by atoms with Crippen molar-refractivity contribution in [2.24, 2.45) is 13.0 Å². The van der Waals surface area contributed by atoms with Gasteiger partial charge in [0.1, 0.15) is 11.7 Å². The molecule has 1 saturated carbocycles. The molecule has 1 aliphatic rings. The topological polar surface area (TPSA) is 97.1 Å². The Morgan fingerprint density at radius 1 is 1.29 bits per heavy atom. The smallest absolute Gasteiger partial charge is 0.260 e. The van der Waals surface area contributed by atoms with Crippen LogP contribution in [0.4, 0.5) is 14.6 Å². The van der Waals surface area contributed by atoms with Gasteiger partial charge in [-0.25, -0.2) is 13.8 Å². The summed E-state index contributed by atoms with van der Waals surface area (Å²) in [4.78, 5) is 33.4. The Balaban J connectivity index is 1.71. The Kier molecular flexibility index (Phi) is 5.09. The normalized spacial score (nSPS) is 18.1.